The van der Waals surface area contributed by atoms with Crippen molar-refractivity contribution < 1.29 is 19.5 Å². The Balaban J connectivity index is 1.37. The maximum absolute atomic E-state index is 13.9. The summed E-state index contributed by atoms with van der Waals surface area (Å²) in [5, 5.41) is 17.3. The highest BCUT2D eigenvalue weighted by molar-refractivity contribution is 6.05. The minimum absolute atomic E-state index is 0.0273. The minimum Gasteiger partial charge on any atom is -0.481 e. The maximum Gasteiger partial charge on any atom is 0.308 e. The number of carbonyl (C=O) groups is 3. The molecule has 1 N–H and O–H groups in total. The Bertz CT molecular complexity index is 1370. The van der Waals surface area contributed by atoms with E-state index in [0.717, 1.165) is 11.4 Å². The first-order valence-corrected chi connectivity index (χ1v) is 13.6. The minimum atomic E-state index is -0.844. The predicted molar refractivity (Wildman–Crippen MR) is 151 cm³/mol. The zero-order valence-electron chi connectivity index (χ0n) is 22.6. The summed E-state index contributed by atoms with van der Waals surface area (Å²) in [6.45, 7) is 1.28. The number of amides is 2. The van der Waals surface area contributed by atoms with E-state index in [1.165, 1.54) is 0 Å². The molecule has 5 rings (SSSR count). The van der Waals surface area contributed by atoms with Crippen molar-refractivity contribution in [1.82, 2.24) is 19.7 Å². The van der Waals surface area contributed by atoms with Crippen LogP contribution in [0.3, 0.4) is 0 Å². The number of para-hydroxylation sites is 1. The number of aliphatic carboxylic acids is 1. The molecule has 3 heterocycles. The molecule has 0 bridgehead atoms. The fraction of sp³-hybridized carbons (Fsp3) is 0.333. The van der Waals surface area contributed by atoms with Crippen LogP contribution in [0.2, 0.25) is 0 Å². The van der Waals surface area contributed by atoms with Gasteiger partial charge in [-0.1, -0.05) is 36.4 Å². The number of hydrogen-bond donors (Lipinski definition) is 1. The SMILES string of the molecule is Cn1cc(N(C(=O)c2ccccc2)N2CN(c3ccccc3)C=C2CCCC(=O)N2CCC[C@H](C(=O)O)C2)cn1. The molecule has 10 heteroatoms. The van der Waals surface area contributed by atoms with Gasteiger partial charge in [0.05, 0.1) is 24.0 Å². The van der Waals surface area contributed by atoms with E-state index in [9.17, 15) is 19.5 Å². The number of nitrogens with zero attached hydrogens (tertiary/aromatic N) is 6. The monoisotopic (exact) mass is 542 g/mol. The highest BCUT2D eigenvalue weighted by Gasteiger charge is 2.33. The molecule has 10 nitrogen and oxygen atoms in total. The number of allylic oxidation sites excluding steroid dienone is 1. The van der Waals surface area contributed by atoms with Gasteiger partial charge in [0.25, 0.3) is 5.91 Å². The first-order chi connectivity index (χ1) is 19.4. The Morgan fingerprint density at radius 3 is 2.45 bits per heavy atom. The summed E-state index contributed by atoms with van der Waals surface area (Å²) in [6.07, 6.45) is 8.25. The first-order valence-electron chi connectivity index (χ1n) is 13.6. The standard InChI is InChI=1S/C30H34N6O4/c1-32-20-27(18-31-32)36(29(38)23-10-4-2-5-11-23)35-22-34(25-13-6-3-7-14-25)21-26(35)15-8-16-28(37)33-17-9-12-24(19-33)30(39)40/h2-7,10-11,13-14,18,20-21,24H,8-9,12,15-17,19,22H2,1H3,(H,39,40)/t24-/m0/s1. The Morgan fingerprint density at radius 2 is 1.77 bits per heavy atom. The molecule has 0 spiro atoms. The molecule has 2 aromatic carbocycles. The highest BCUT2D eigenvalue weighted by atomic mass is 16.4. The molecular weight excluding hydrogens is 508 g/mol. The lowest BCUT2D eigenvalue weighted by molar-refractivity contribution is -0.145. The summed E-state index contributed by atoms with van der Waals surface area (Å²) in [7, 11) is 1.81. The second-order valence-electron chi connectivity index (χ2n) is 10.2. The number of likely N-dealkylation sites (tertiary alicyclic amines) is 1. The average molecular weight is 543 g/mol. The van der Waals surface area contributed by atoms with Crippen LogP contribution in [0, 0.1) is 5.92 Å². The van der Waals surface area contributed by atoms with E-state index in [4.69, 9.17) is 0 Å². The number of carboxylic acids is 1. The third-order valence-electron chi connectivity index (χ3n) is 7.35. The van der Waals surface area contributed by atoms with Gasteiger partial charge in [0.15, 0.2) is 0 Å². The summed E-state index contributed by atoms with van der Waals surface area (Å²) < 4.78 is 1.66. The van der Waals surface area contributed by atoms with Crippen LogP contribution in [-0.4, -0.2) is 62.3 Å². The third-order valence-corrected chi connectivity index (χ3v) is 7.35. The van der Waals surface area contributed by atoms with E-state index < -0.39 is 11.9 Å². The largest absolute Gasteiger partial charge is 0.481 e. The number of rotatable bonds is 9. The molecule has 2 aliphatic heterocycles. The van der Waals surface area contributed by atoms with Crippen LogP contribution in [-0.2, 0) is 16.6 Å². The van der Waals surface area contributed by atoms with Gasteiger partial charge >= 0.3 is 5.97 Å². The van der Waals surface area contributed by atoms with Gasteiger partial charge in [0.1, 0.15) is 12.4 Å². The molecule has 208 valence electrons. The molecule has 1 atom stereocenters. The van der Waals surface area contributed by atoms with E-state index in [1.54, 1.807) is 32.9 Å². The molecular formula is C30H34N6O4. The van der Waals surface area contributed by atoms with Crippen molar-refractivity contribution in [2.24, 2.45) is 13.0 Å². The van der Waals surface area contributed by atoms with Crippen molar-refractivity contribution in [3.63, 3.8) is 0 Å². The van der Waals surface area contributed by atoms with Crippen molar-refractivity contribution in [3.05, 3.63) is 90.5 Å². The maximum atomic E-state index is 13.9. The normalized spacial score (nSPS) is 17.1. The molecule has 40 heavy (non-hydrogen) atoms. The summed E-state index contributed by atoms with van der Waals surface area (Å²) in [4.78, 5) is 42.1. The fourth-order valence-electron chi connectivity index (χ4n) is 5.25. The zero-order chi connectivity index (χ0) is 28.1. The number of anilines is 2. The summed E-state index contributed by atoms with van der Waals surface area (Å²) in [5.74, 6) is -1.55. The number of piperidine rings is 1. The number of carbonyl (C=O) groups excluding carboxylic acids is 2. The van der Waals surface area contributed by atoms with Crippen molar-refractivity contribution >= 4 is 29.2 Å². The average Bonchev–Trinajstić information content (AvgIpc) is 3.60. The highest BCUT2D eigenvalue weighted by Crippen LogP contribution is 2.31. The van der Waals surface area contributed by atoms with E-state index in [0.29, 0.717) is 56.6 Å². The lowest BCUT2D eigenvalue weighted by atomic mass is 9.98. The smallest absolute Gasteiger partial charge is 0.308 e. The number of benzene rings is 2. The van der Waals surface area contributed by atoms with E-state index in [-0.39, 0.29) is 18.4 Å². The number of hydrogen-bond acceptors (Lipinski definition) is 6. The van der Waals surface area contributed by atoms with E-state index in [1.807, 2.05) is 73.0 Å². The van der Waals surface area contributed by atoms with Crippen molar-refractivity contribution in [2.75, 3.05) is 29.7 Å². The van der Waals surface area contributed by atoms with Crippen molar-refractivity contribution in [1.29, 1.82) is 0 Å². The summed E-state index contributed by atoms with van der Waals surface area (Å²) >= 11 is 0. The third kappa shape index (κ3) is 6.01. The molecule has 2 aliphatic rings. The topological polar surface area (TPSA) is 102 Å². The molecule has 1 aromatic heterocycles. The van der Waals surface area contributed by atoms with Crippen LogP contribution in [0.1, 0.15) is 42.5 Å². The molecule has 0 saturated carbocycles. The molecule has 1 fully saturated rings. The number of aryl methyl sites for hydroxylation is 1. The van der Waals surface area contributed by atoms with Gasteiger partial charge in [-0.15, -0.1) is 0 Å². The van der Waals surface area contributed by atoms with Crippen molar-refractivity contribution in [2.45, 2.75) is 32.1 Å². The molecule has 1 saturated heterocycles. The van der Waals surface area contributed by atoms with Crippen molar-refractivity contribution in [3.8, 4) is 0 Å². The molecule has 0 radical (unpaired) electrons. The number of hydrazine groups is 1. The van der Waals surface area contributed by atoms with Gasteiger partial charge in [-0.3, -0.25) is 24.1 Å². The molecule has 2 amide bonds. The Hall–Kier alpha value is -4.60. The van der Waals surface area contributed by atoms with Crippen LogP contribution >= 0.6 is 0 Å². The van der Waals surface area contributed by atoms with Gasteiger partial charge in [-0.05, 0) is 49.9 Å². The summed E-state index contributed by atoms with van der Waals surface area (Å²) in [5.41, 5.74) is 3.08. The Labute approximate surface area is 233 Å². The van der Waals surface area contributed by atoms with Crippen LogP contribution in [0.25, 0.3) is 0 Å². The summed E-state index contributed by atoms with van der Waals surface area (Å²) in [6, 6.07) is 19.1. The number of aromatic nitrogens is 2. The van der Waals surface area contributed by atoms with Crippen LogP contribution in [0.15, 0.2) is 85.0 Å². The van der Waals surface area contributed by atoms with Gasteiger partial charge in [-0.25, -0.2) is 5.01 Å². The van der Waals surface area contributed by atoms with Crippen LogP contribution in [0.4, 0.5) is 11.4 Å². The quantitative estimate of drug-likeness (QED) is 0.434. The van der Waals surface area contributed by atoms with Crippen LogP contribution < -0.4 is 9.91 Å². The zero-order valence-corrected chi connectivity index (χ0v) is 22.6. The lowest BCUT2D eigenvalue weighted by Gasteiger charge is -2.35. The molecule has 3 aromatic rings. The Kier molecular flexibility index (Phi) is 8.14. The van der Waals surface area contributed by atoms with Crippen LogP contribution in [0.5, 0.6) is 0 Å². The van der Waals surface area contributed by atoms with Gasteiger partial charge < -0.3 is 14.9 Å². The van der Waals surface area contributed by atoms with E-state index >= 15 is 0 Å². The second kappa shape index (κ2) is 12.1. The van der Waals surface area contributed by atoms with Gasteiger partial charge in [-0.2, -0.15) is 5.10 Å². The van der Waals surface area contributed by atoms with Gasteiger partial charge in [0, 0.05) is 44.0 Å². The lowest BCUT2D eigenvalue weighted by Crippen LogP contribution is -2.47. The molecule has 0 aliphatic carbocycles. The predicted octanol–water partition coefficient (Wildman–Crippen LogP) is 4.10. The fourth-order valence-corrected chi connectivity index (χ4v) is 5.25. The molecule has 0 unspecified atom stereocenters. The van der Waals surface area contributed by atoms with Gasteiger partial charge in [0.2, 0.25) is 5.91 Å². The van der Waals surface area contributed by atoms with E-state index in [2.05, 4.69) is 10.00 Å². The Morgan fingerprint density at radius 1 is 1.05 bits per heavy atom. The second-order valence-corrected chi connectivity index (χ2v) is 10.2. The first kappa shape index (κ1) is 27.0. The number of carboxylic acid groups (broad SMARTS) is 1.